The molecular weight excluding hydrogens is 369 g/mol. The molecule has 3 amide bonds. The van der Waals surface area contributed by atoms with Crippen molar-refractivity contribution in [2.24, 2.45) is 5.92 Å². The smallest absolute Gasteiger partial charge is 0.321 e. The molecule has 0 aromatic heterocycles. The van der Waals surface area contributed by atoms with E-state index < -0.39 is 0 Å². The first-order valence-electron chi connectivity index (χ1n) is 8.85. The molecule has 0 aliphatic carbocycles. The maximum absolute atomic E-state index is 13.6. The molecular formula is C20H21ClFN3O2. The van der Waals surface area contributed by atoms with Gasteiger partial charge in [-0.1, -0.05) is 29.8 Å². The Hall–Kier alpha value is -2.60. The third kappa shape index (κ3) is 5.20. The monoisotopic (exact) mass is 389 g/mol. The van der Waals surface area contributed by atoms with E-state index in [2.05, 4.69) is 10.6 Å². The van der Waals surface area contributed by atoms with Gasteiger partial charge in [0.1, 0.15) is 5.82 Å². The Labute approximate surface area is 162 Å². The van der Waals surface area contributed by atoms with Crippen LogP contribution >= 0.6 is 11.6 Å². The molecule has 2 aromatic rings. The second-order valence-electron chi connectivity index (χ2n) is 6.51. The van der Waals surface area contributed by atoms with E-state index in [9.17, 15) is 14.0 Å². The van der Waals surface area contributed by atoms with Crippen LogP contribution in [0.4, 0.5) is 14.9 Å². The van der Waals surface area contributed by atoms with E-state index in [0.717, 1.165) is 0 Å². The molecule has 1 aliphatic rings. The first kappa shape index (κ1) is 19.2. The maximum atomic E-state index is 13.6. The normalized spacial score (nSPS) is 14.7. The molecule has 0 atom stereocenters. The van der Waals surface area contributed by atoms with Crippen molar-refractivity contribution < 1.29 is 14.0 Å². The predicted octanol–water partition coefficient (Wildman–Crippen LogP) is 4.04. The number of nitrogens with zero attached hydrogens (tertiary/aromatic N) is 1. The number of urea groups is 1. The number of carbonyl (C=O) groups is 2. The second-order valence-corrected chi connectivity index (χ2v) is 6.94. The molecule has 0 bridgehead atoms. The predicted molar refractivity (Wildman–Crippen MR) is 103 cm³/mol. The van der Waals surface area contributed by atoms with Crippen molar-refractivity contribution in [2.45, 2.75) is 19.4 Å². The van der Waals surface area contributed by atoms with Crippen molar-refractivity contribution in [3.8, 4) is 0 Å². The van der Waals surface area contributed by atoms with Gasteiger partial charge in [0.2, 0.25) is 5.91 Å². The topological polar surface area (TPSA) is 61.4 Å². The summed E-state index contributed by atoms with van der Waals surface area (Å²) in [6.45, 7) is 1.16. The summed E-state index contributed by atoms with van der Waals surface area (Å²) < 4.78 is 13.6. The summed E-state index contributed by atoms with van der Waals surface area (Å²) in [5.41, 5.74) is 1.14. The van der Waals surface area contributed by atoms with Gasteiger partial charge in [-0.3, -0.25) is 4.79 Å². The fourth-order valence-corrected chi connectivity index (χ4v) is 3.17. The number of anilines is 1. The van der Waals surface area contributed by atoms with E-state index in [1.54, 1.807) is 47.4 Å². The molecule has 2 aromatic carbocycles. The molecule has 0 unspecified atom stereocenters. The molecule has 142 valence electrons. The van der Waals surface area contributed by atoms with Crippen molar-refractivity contribution in [3.05, 3.63) is 64.9 Å². The molecule has 0 radical (unpaired) electrons. The van der Waals surface area contributed by atoms with E-state index in [-0.39, 0.29) is 30.2 Å². The summed E-state index contributed by atoms with van der Waals surface area (Å²) in [4.78, 5) is 26.3. The first-order valence-corrected chi connectivity index (χ1v) is 9.23. The van der Waals surface area contributed by atoms with Crippen molar-refractivity contribution in [1.82, 2.24) is 10.2 Å². The highest BCUT2D eigenvalue weighted by Crippen LogP contribution is 2.20. The van der Waals surface area contributed by atoms with Gasteiger partial charge in [0.05, 0.1) is 0 Å². The number of likely N-dealkylation sites (tertiary alicyclic amines) is 1. The molecule has 1 aliphatic heterocycles. The van der Waals surface area contributed by atoms with Gasteiger partial charge in [-0.2, -0.15) is 0 Å². The minimum atomic E-state index is -0.327. The van der Waals surface area contributed by atoms with Crippen LogP contribution in [-0.2, 0) is 11.3 Å². The number of halogens is 2. The molecule has 27 heavy (non-hydrogen) atoms. The largest absolute Gasteiger partial charge is 0.352 e. The van der Waals surface area contributed by atoms with Crippen molar-refractivity contribution in [1.29, 1.82) is 0 Å². The summed E-state index contributed by atoms with van der Waals surface area (Å²) in [6.07, 6.45) is 1.16. The molecule has 0 saturated carbocycles. The van der Waals surface area contributed by atoms with Crippen LogP contribution in [0.15, 0.2) is 48.5 Å². The minimum absolute atomic E-state index is 0.101. The molecule has 3 rings (SSSR count). The van der Waals surface area contributed by atoms with E-state index in [1.807, 2.05) is 0 Å². The van der Waals surface area contributed by atoms with Crippen LogP contribution < -0.4 is 10.6 Å². The van der Waals surface area contributed by atoms with Crippen LogP contribution in [0.5, 0.6) is 0 Å². The molecule has 5 nitrogen and oxygen atoms in total. The van der Waals surface area contributed by atoms with Gasteiger partial charge in [-0.05, 0) is 43.2 Å². The highest BCUT2D eigenvalue weighted by Gasteiger charge is 2.27. The Morgan fingerprint density at radius 3 is 2.41 bits per heavy atom. The average molecular weight is 390 g/mol. The van der Waals surface area contributed by atoms with Crippen molar-refractivity contribution >= 4 is 29.2 Å². The van der Waals surface area contributed by atoms with Crippen LogP contribution in [0.1, 0.15) is 18.4 Å². The molecule has 0 spiro atoms. The zero-order valence-electron chi connectivity index (χ0n) is 14.8. The lowest BCUT2D eigenvalue weighted by Crippen LogP contribution is -2.44. The fraction of sp³-hybridized carbons (Fsp3) is 0.300. The van der Waals surface area contributed by atoms with Crippen LogP contribution in [0.25, 0.3) is 0 Å². The van der Waals surface area contributed by atoms with Crippen molar-refractivity contribution in [3.63, 3.8) is 0 Å². The first-order chi connectivity index (χ1) is 13.0. The maximum Gasteiger partial charge on any atom is 0.321 e. The highest BCUT2D eigenvalue weighted by atomic mass is 35.5. The van der Waals surface area contributed by atoms with Crippen LogP contribution in [0, 0.1) is 11.7 Å². The van der Waals surface area contributed by atoms with E-state index in [4.69, 9.17) is 11.6 Å². The standard InChI is InChI=1S/C20H21ClFN3O2/c21-16-5-7-17(8-6-16)24-20(27)25-11-9-14(10-12-25)19(26)23-13-15-3-1-2-4-18(15)22/h1-8,14H,9-13H2,(H,23,26)(H,24,27). The van der Waals surface area contributed by atoms with Gasteiger partial charge in [0.15, 0.2) is 0 Å². The third-order valence-corrected chi connectivity index (χ3v) is 4.91. The van der Waals surface area contributed by atoms with Crippen LogP contribution in [0.2, 0.25) is 5.02 Å². The van der Waals surface area contributed by atoms with E-state index >= 15 is 0 Å². The van der Waals surface area contributed by atoms with Gasteiger partial charge in [-0.25, -0.2) is 9.18 Å². The molecule has 7 heteroatoms. The summed E-state index contributed by atoms with van der Waals surface area (Å²) in [5.74, 6) is -0.598. The number of rotatable bonds is 4. The molecule has 1 fully saturated rings. The Morgan fingerprint density at radius 1 is 1.07 bits per heavy atom. The number of benzene rings is 2. The summed E-state index contributed by atoms with van der Waals surface area (Å²) in [7, 11) is 0. The SMILES string of the molecule is O=C(NCc1ccccc1F)C1CCN(C(=O)Nc2ccc(Cl)cc2)CC1. The Bertz CT molecular complexity index is 805. The van der Waals surface area contributed by atoms with Crippen LogP contribution in [0.3, 0.4) is 0 Å². The van der Waals surface area contributed by atoms with E-state index in [0.29, 0.717) is 42.2 Å². The van der Waals surface area contributed by atoms with Gasteiger partial charge in [0.25, 0.3) is 0 Å². The highest BCUT2D eigenvalue weighted by molar-refractivity contribution is 6.30. The fourth-order valence-electron chi connectivity index (χ4n) is 3.05. The lowest BCUT2D eigenvalue weighted by molar-refractivity contribution is -0.126. The number of nitrogens with one attached hydrogen (secondary N) is 2. The Morgan fingerprint density at radius 2 is 1.74 bits per heavy atom. The second kappa shape index (κ2) is 8.86. The third-order valence-electron chi connectivity index (χ3n) is 4.66. The number of piperidine rings is 1. The molecule has 1 saturated heterocycles. The molecule has 2 N–H and O–H groups in total. The van der Waals surface area contributed by atoms with Crippen molar-refractivity contribution in [2.75, 3.05) is 18.4 Å². The minimum Gasteiger partial charge on any atom is -0.352 e. The number of hydrogen-bond acceptors (Lipinski definition) is 2. The summed E-state index contributed by atoms with van der Waals surface area (Å²) in [6, 6.07) is 13.1. The van der Waals surface area contributed by atoms with Gasteiger partial charge in [-0.15, -0.1) is 0 Å². The zero-order valence-corrected chi connectivity index (χ0v) is 15.5. The lowest BCUT2D eigenvalue weighted by Gasteiger charge is -2.31. The number of carbonyl (C=O) groups excluding carboxylic acids is 2. The number of hydrogen-bond donors (Lipinski definition) is 2. The zero-order chi connectivity index (χ0) is 19.2. The van der Waals surface area contributed by atoms with Gasteiger partial charge >= 0.3 is 6.03 Å². The van der Waals surface area contributed by atoms with Gasteiger partial charge in [0, 0.05) is 41.8 Å². The van der Waals surface area contributed by atoms with Gasteiger partial charge < -0.3 is 15.5 Å². The Kier molecular flexibility index (Phi) is 6.29. The summed E-state index contributed by atoms with van der Waals surface area (Å²) >= 11 is 5.83. The van der Waals surface area contributed by atoms with E-state index in [1.165, 1.54) is 6.07 Å². The molecule has 1 heterocycles. The summed E-state index contributed by atoms with van der Waals surface area (Å²) in [5, 5.41) is 6.22. The Balaban J connectivity index is 1.45. The number of amides is 3. The quantitative estimate of drug-likeness (QED) is 0.829. The lowest BCUT2D eigenvalue weighted by atomic mass is 9.96. The van der Waals surface area contributed by atoms with Crippen LogP contribution in [-0.4, -0.2) is 29.9 Å². The average Bonchev–Trinajstić information content (AvgIpc) is 2.69.